The highest BCUT2D eigenvalue weighted by molar-refractivity contribution is 5.93. The van der Waals surface area contributed by atoms with Gasteiger partial charge >= 0.3 is 0 Å². The minimum atomic E-state index is -0.0513. The molecule has 0 aromatic carbocycles. The van der Waals surface area contributed by atoms with Crippen molar-refractivity contribution in [2.24, 2.45) is 5.92 Å². The zero-order valence-electron chi connectivity index (χ0n) is 12.5. The van der Waals surface area contributed by atoms with Crippen LogP contribution in [0.3, 0.4) is 0 Å². The van der Waals surface area contributed by atoms with E-state index in [4.69, 9.17) is 4.42 Å². The Morgan fingerprint density at radius 2 is 1.76 bits per heavy atom. The summed E-state index contributed by atoms with van der Waals surface area (Å²) in [6, 6.07) is 1.80. The first-order chi connectivity index (χ1) is 10.2. The van der Waals surface area contributed by atoms with E-state index in [1.807, 2.05) is 11.8 Å². The molecule has 2 fully saturated rings. The summed E-state index contributed by atoms with van der Waals surface area (Å²) in [5.41, 5.74) is 0.871. The molecule has 0 bridgehead atoms. The second kappa shape index (κ2) is 5.92. The largest absolute Gasteiger partial charge is 0.459 e. The van der Waals surface area contributed by atoms with E-state index in [1.165, 1.54) is 0 Å². The maximum atomic E-state index is 12.4. The Bertz CT molecular complexity index is 523. The molecule has 0 N–H and O–H groups in total. The molecule has 2 saturated heterocycles. The number of piperidine rings is 1. The number of aryl methyl sites for hydroxylation is 1. The maximum Gasteiger partial charge on any atom is 0.289 e. The van der Waals surface area contributed by atoms with E-state index in [1.54, 1.807) is 17.2 Å². The Balaban J connectivity index is 1.56. The van der Waals surface area contributed by atoms with E-state index < -0.39 is 0 Å². The van der Waals surface area contributed by atoms with Gasteiger partial charge in [0.05, 0.1) is 6.26 Å². The average Bonchev–Trinajstić information content (AvgIpc) is 3.17. The number of furan rings is 1. The summed E-state index contributed by atoms with van der Waals surface area (Å²) < 4.78 is 5.27. The van der Waals surface area contributed by atoms with E-state index in [9.17, 15) is 9.59 Å². The molecule has 21 heavy (non-hydrogen) atoms. The SMILES string of the molecule is Cc1ccoc1C(=O)N1CCC(C(=O)N2CCCC2)CC1. The fourth-order valence-corrected chi connectivity index (χ4v) is 3.26. The van der Waals surface area contributed by atoms with Gasteiger partial charge in [-0.2, -0.15) is 0 Å². The molecule has 2 aliphatic heterocycles. The molecule has 0 aliphatic carbocycles. The predicted octanol–water partition coefficient (Wildman–Crippen LogP) is 2.06. The molecule has 5 heteroatoms. The van der Waals surface area contributed by atoms with Gasteiger partial charge < -0.3 is 14.2 Å². The van der Waals surface area contributed by atoms with Gasteiger partial charge in [0.1, 0.15) is 0 Å². The number of amides is 2. The van der Waals surface area contributed by atoms with Crippen molar-refractivity contribution in [1.29, 1.82) is 0 Å². The summed E-state index contributed by atoms with van der Waals surface area (Å²) in [6.07, 6.45) is 5.33. The van der Waals surface area contributed by atoms with E-state index in [0.717, 1.165) is 44.3 Å². The molecule has 1 aromatic heterocycles. The highest BCUT2D eigenvalue weighted by Crippen LogP contribution is 2.23. The lowest BCUT2D eigenvalue weighted by atomic mass is 9.95. The number of carbonyl (C=O) groups is 2. The Morgan fingerprint density at radius 1 is 1.10 bits per heavy atom. The van der Waals surface area contributed by atoms with Crippen molar-refractivity contribution in [3.63, 3.8) is 0 Å². The Morgan fingerprint density at radius 3 is 2.33 bits per heavy atom. The van der Waals surface area contributed by atoms with E-state index in [-0.39, 0.29) is 17.7 Å². The summed E-state index contributed by atoms with van der Waals surface area (Å²) in [4.78, 5) is 28.5. The number of hydrogen-bond acceptors (Lipinski definition) is 3. The third-order valence-electron chi connectivity index (χ3n) is 4.61. The summed E-state index contributed by atoms with van der Waals surface area (Å²) >= 11 is 0. The van der Waals surface area contributed by atoms with Crippen molar-refractivity contribution in [3.05, 3.63) is 23.7 Å². The van der Waals surface area contributed by atoms with Crippen LogP contribution < -0.4 is 0 Å². The zero-order valence-corrected chi connectivity index (χ0v) is 12.5. The third kappa shape index (κ3) is 2.82. The minimum Gasteiger partial charge on any atom is -0.459 e. The number of hydrogen-bond donors (Lipinski definition) is 0. The number of likely N-dealkylation sites (tertiary alicyclic amines) is 2. The van der Waals surface area contributed by atoms with Gasteiger partial charge in [-0.25, -0.2) is 0 Å². The van der Waals surface area contributed by atoms with Crippen LogP contribution in [0.2, 0.25) is 0 Å². The summed E-state index contributed by atoms with van der Waals surface area (Å²) in [5, 5.41) is 0. The van der Waals surface area contributed by atoms with Crippen molar-refractivity contribution in [3.8, 4) is 0 Å². The summed E-state index contributed by atoms with van der Waals surface area (Å²) in [6.45, 7) is 4.97. The van der Waals surface area contributed by atoms with Gasteiger partial charge in [0.15, 0.2) is 5.76 Å². The quantitative estimate of drug-likeness (QED) is 0.838. The lowest BCUT2D eigenvalue weighted by Crippen LogP contribution is -2.43. The Labute approximate surface area is 124 Å². The molecule has 0 spiro atoms. The molecule has 3 heterocycles. The number of rotatable bonds is 2. The van der Waals surface area contributed by atoms with Crippen molar-refractivity contribution in [2.45, 2.75) is 32.6 Å². The van der Waals surface area contributed by atoms with Crippen LogP contribution in [0.4, 0.5) is 0 Å². The lowest BCUT2D eigenvalue weighted by molar-refractivity contribution is -0.135. The molecule has 0 atom stereocenters. The molecule has 2 amide bonds. The van der Waals surface area contributed by atoms with Crippen LogP contribution in [0, 0.1) is 12.8 Å². The molecule has 0 radical (unpaired) electrons. The van der Waals surface area contributed by atoms with Crippen LogP contribution in [-0.2, 0) is 4.79 Å². The second-order valence-corrected chi connectivity index (χ2v) is 6.03. The molecule has 3 rings (SSSR count). The maximum absolute atomic E-state index is 12.4. The van der Waals surface area contributed by atoms with Gasteiger partial charge in [0.2, 0.25) is 5.91 Å². The van der Waals surface area contributed by atoms with Gasteiger partial charge in [-0.1, -0.05) is 0 Å². The van der Waals surface area contributed by atoms with E-state index >= 15 is 0 Å². The van der Waals surface area contributed by atoms with Gasteiger partial charge in [-0.15, -0.1) is 0 Å². The Hall–Kier alpha value is -1.78. The first-order valence-electron chi connectivity index (χ1n) is 7.79. The van der Waals surface area contributed by atoms with Crippen molar-refractivity contribution < 1.29 is 14.0 Å². The van der Waals surface area contributed by atoms with Gasteiger partial charge in [0, 0.05) is 37.7 Å². The second-order valence-electron chi connectivity index (χ2n) is 6.03. The molecule has 114 valence electrons. The molecule has 1 aromatic rings. The van der Waals surface area contributed by atoms with Crippen LogP contribution in [0.15, 0.2) is 16.7 Å². The standard InChI is InChI=1S/C16H22N2O3/c1-12-6-11-21-14(12)16(20)18-9-4-13(5-10-18)15(19)17-7-2-3-8-17/h6,11,13H,2-5,7-10H2,1H3. The number of carbonyl (C=O) groups excluding carboxylic acids is 2. The smallest absolute Gasteiger partial charge is 0.289 e. The fraction of sp³-hybridized carbons (Fsp3) is 0.625. The van der Waals surface area contributed by atoms with Gasteiger partial charge in [-0.05, 0) is 38.7 Å². The van der Waals surface area contributed by atoms with E-state index in [0.29, 0.717) is 18.8 Å². The molecule has 5 nitrogen and oxygen atoms in total. The highest BCUT2D eigenvalue weighted by Gasteiger charge is 2.32. The molecular weight excluding hydrogens is 268 g/mol. The molecule has 0 saturated carbocycles. The molecule has 2 aliphatic rings. The number of nitrogens with zero attached hydrogens (tertiary/aromatic N) is 2. The first kappa shape index (κ1) is 14.2. The van der Waals surface area contributed by atoms with Crippen LogP contribution in [0.1, 0.15) is 41.8 Å². The van der Waals surface area contributed by atoms with Crippen molar-refractivity contribution in [1.82, 2.24) is 9.80 Å². The third-order valence-corrected chi connectivity index (χ3v) is 4.61. The highest BCUT2D eigenvalue weighted by atomic mass is 16.3. The predicted molar refractivity (Wildman–Crippen MR) is 77.9 cm³/mol. The zero-order chi connectivity index (χ0) is 14.8. The average molecular weight is 290 g/mol. The fourth-order valence-electron chi connectivity index (χ4n) is 3.26. The van der Waals surface area contributed by atoms with Crippen molar-refractivity contribution >= 4 is 11.8 Å². The minimum absolute atomic E-state index is 0.0513. The van der Waals surface area contributed by atoms with E-state index in [2.05, 4.69) is 0 Å². The van der Waals surface area contributed by atoms with Crippen LogP contribution in [0.5, 0.6) is 0 Å². The van der Waals surface area contributed by atoms with Crippen LogP contribution >= 0.6 is 0 Å². The normalized spacial score (nSPS) is 20.0. The van der Waals surface area contributed by atoms with Crippen LogP contribution in [0.25, 0.3) is 0 Å². The van der Waals surface area contributed by atoms with Gasteiger partial charge in [0.25, 0.3) is 5.91 Å². The molecular formula is C16H22N2O3. The topological polar surface area (TPSA) is 53.8 Å². The molecule has 0 unspecified atom stereocenters. The summed E-state index contributed by atoms with van der Waals surface area (Å²) in [7, 11) is 0. The first-order valence-corrected chi connectivity index (χ1v) is 7.79. The van der Waals surface area contributed by atoms with Crippen LogP contribution in [-0.4, -0.2) is 47.8 Å². The Kier molecular flexibility index (Phi) is 3.99. The van der Waals surface area contributed by atoms with Crippen molar-refractivity contribution in [2.75, 3.05) is 26.2 Å². The monoisotopic (exact) mass is 290 g/mol. The summed E-state index contributed by atoms with van der Waals surface area (Å²) in [5.74, 6) is 0.752. The van der Waals surface area contributed by atoms with Gasteiger partial charge in [-0.3, -0.25) is 9.59 Å². The lowest BCUT2D eigenvalue weighted by Gasteiger charge is -2.32.